The van der Waals surface area contributed by atoms with Gasteiger partial charge in [-0.2, -0.15) is 0 Å². The van der Waals surface area contributed by atoms with Crippen molar-refractivity contribution in [2.75, 3.05) is 21.1 Å². The maximum atomic E-state index is 13.3. The minimum atomic E-state index is -1.22. The Kier molecular flexibility index (Phi) is 12.0. The number of benzene rings is 1. The molecule has 1 heterocycles. The molecule has 12 heteroatoms. The van der Waals surface area contributed by atoms with Gasteiger partial charge >= 0.3 is 198 Å². The average Bonchev–Trinajstić information content (AvgIpc) is 3.39. The van der Waals surface area contributed by atoms with Gasteiger partial charge in [-0.15, -0.1) is 0 Å². The Morgan fingerprint density at radius 3 is 2.26 bits per heavy atom. The van der Waals surface area contributed by atoms with Crippen LogP contribution in [0.3, 0.4) is 0 Å². The van der Waals surface area contributed by atoms with E-state index in [0.717, 1.165) is 5.56 Å². The van der Waals surface area contributed by atoms with Gasteiger partial charge in [-0.05, 0) is 21.1 Å². The summed E-state index contributed by atoms with van der Waals surface area (Å²) in [5, 5.41) is 42.4. The third-order valence-corrected chi connectivity index (χ3v) is 6.48. The SMILES string of the molecule is CN(C)C.[B]=C(O)NC(CC(C)C)C(=O)NC(Cc1ccccc1)C(=O)NC1c2ccsc2/C(=N/O)C1O. The fourth-order valence-electron chi connectivity index (χ4n) is 3.96. The summed E-state index contributed by atoms with van der Waals surface area (Å²) in [6, 6.07) is 8.31. The molecule has 6 N–H and O–H groups in total. The van der Waals surface area contributed by atoms with Crippen LogP contribution >= 0.6 is 11.3 Å². The molecule has 4 atom stereocenters. The Morgan fingerprint density at radius 2 is 1.71 bits per heavy atom. The van der Waals surface area contributed by atoms with Crippen LogP contribution in [0.15, 0.2) is 46.9 Å². The van der Waals surface area contributed by atoms with Crippen molar-refractivity contribution in [1.82, 2.24) is 20.9 Å². The van der Waals surface area contributed by atoms with E-state index in [0.29, 0.717) is 16.9 Å². The molecule has 0 saturated carbocycles. The number of hydrogen-bond donors (Lipinski definition) is 6. The Balaban J connectivity index is 0.00000118. The second-order valence-electron chi connectivity index (χ2n) is 9.93. The second kappa shape index (κ2) is 14.7. The monoisotopic (exact) mass is 542 g/mol. The Labute approximate surface area is 228 Å². The van der Waals surface area contributed by atoms with Gasteiger partial charge in [0.05, 0.1) is 0 Å². The fourth-order valence-corrected chi connectivity index (χ4v) is 4.93. The van der Waals surface area contributed by atoms with E-state index in [1.54, 1.807) is 11.4 Å². The molecule has 1 aliphatic rings. The van der Waals surface area contributed by atoms with E-state index in [2.05, 4.69) is 21.1 Å². The summed E-state index contributed by atoms with van der Waals surface area (Å²) >= 11 is 1.30. The Hall–Kier alpha value is -3.22. The molecule has 2 aromatic rings. The molecular weight excluding hydrogens is 505 g/mol. The van der Waals surface area contributed by atoms with Crippen LogP contribution < -0.4 is 16.0 Å². The van der Waals surface area contributed by atoms with E-state index < -0.39 is 41.8 Å². The minimum absolute atomic E-state index is 0.0918. The van der Waals surface area contributed by atoms with Crippen LogP contribution in [-0.2, 0) is 16.0 Å². The van der Waals surface area contributed by atoms with Crippen molar-refractivity contribution < 1.29 is 25.0 Å². The van der Waals surface area contributed by atoms with Crippen molar-refractivity contribution in [3.05, 3.63) is 57.8 Å². The van der Waals surface area contributed by atoms with Crippen molar-refractivity contribution in [3.63, 3.8) is 0 Å². The molecule has 2 amide bonds. The van der Waals surface area contributed by atoms with E-state index in [9.17, 15) is 25.0 Å². The van der Waals surface area contributed by atoms with Crippen molar-refractivity contribution in [3.8, 4) is 0 Å². The molecule has 1 aromatic carbocycles. The molecule has 4 unspecified atom stereocenters. The first kappa shape index (κ1) is 31.0. The van der Waals surface area contributed by atoms with Gasteiger partial charge in [0.1, 0.15) is 0 Å². The van der Waals surface area contributed by atoms with Crippen molar-refractivity contribution >= 4 is 42.1 Å². The second-order valence-corrected chi connectivity index (χ2v) is 10.8. The average molecular weight is 542 g/mol. The van der Waals surface area contributed by atoms with Gasteiger partial charge in [0.15, 0.2) is 0 Å². The molecule has 0 bridgehead atoms. The van der Waals surface area contributed by atoms with Crippen LogP contribution in [0.2, 0.25) is 0 Å². The molecule has 0 aliphatic heterocycles. The zero-order valence-electron chi connectivity index (χ0n) is 22.4. The molecular formula is C26H37BN5O5S. The van der Waals surface area contributed by atoms with Crippen LogP contribution in [0.1, 0.15) is 42.3 Å². The molecule has 0 fully saturated rings. The van der Waals surface area contributed by atoms with Crippen LogP contribution in [0.4, 0.5) is 0 Å². The number of aliphatic hydroxyl groups is 2. The number of oxime groups is 1. The summed E-state index contributed by atoms with van der Waals surface area (Å²) in [5.41, 5.74) is 1.56. The third kappa shape index (κ3) is 8.96. The number of thiophene rings is 1. The van der Waals surface area contributed by atoms with Crippen LogP contribution in [0, 0.1) is 5.92 Å². The van der Waals surface area contributed by atoms with E-state index in [1.807, 2.05) is 70.2 Å². The maximum absolute atomic E-state index is 13.3. The van der Waals surface area contributed by atoms with Gasteiger partial charge in [-0.25, -0.2) is 0 Å². The van der Waals surface area contributed by atoms with Gasteiger partial charge in [0, 0.05) is 0 Å². The van der Waals surface area contributed by atoms with Crippen molar-refractivity contribution in [1.29, 1.82) is 0 Å². The normalized spacial score (nSPS) is 18.8. The molecule has 3 rings (SSSR count). The van der Waals surface area contributed by atoms with E-state index >= 15 is 0 Å². The molecule has 38 heavy (non-hydrogen) atoms. The number of hydrogen-bond acceptors (Lipinski definition) is 9. The first-order valence-corrected chi connectivity index (χ1v) is 13.1. The number of amides is 2. The van der Waals surface area contributed by atoms with Crippen molar-refractivity contribution in [2.45, 2.75) is 50.9 Å². The van der Waals surface area contributed by atoms with Gasteiger partial charge in [-0.1, -0.05) is 0 Å². The van der Waals surface area contributed by atoms with E-state index in [-0.39, 0.29) is 18.1 Å². The predicted molar refractivity (Wildman–Crippen MR) is 150 cm³/mol. The molecule has 10 nitrogen and oxygen atoms in total. The summed E-state index contributed by atoms with van der Waals surface area (Å²) in [6.45, 7) is 3.84. The third-order valence-electron chi connectivity index (χ3n) is 5.53. The van der Waals surface area contributed by atoms with Gasteiger partial charge in [0.25, 0.3) is 0 Å². The number of rotatable bonds is 10. The van der Waals surface area contributed by atoms with Crippen LogP contribution in [-0.4, -0.2) is 90.4 Å². The summed E-state index contributed by atoms with van der Waals surface area (Å²) in [7, 11) is 11.3. The van der Waals surface area contributed by atoms with E-state index in [4.69, 9.17) is 7.49 Å². The number of carbonyl (C=O) groups excluding carboxylic acids is 2. The molecule has 1 aliphatic carbocycles. The molecule has 0 spiro atoms. The first-order valence-electron chi connectivity index (χ1n) is 12.3. The fraction of sp³-hybridized carbons (Fsp3) is 0.462. The van der Waals surface area contributed by atoms with Gasteiger partial charge < -0.3 is 10.1 Å². The standard InChI is InChI=1S/C23H28BN4O5S.C3H9N/c1-12(2)10-15(26-23(24)32)21(30)25-16(11-13-6-4-3-5-7-13)22(31)27-17-14-8-9-34-20(14)18(28-33)19(17)29;1-4(2)3/h3-9,12,15-17,19,26,29,32-33H,10-11H2,1-2H3,(H,25,30)(H,27,31);1-3H3/b28-18+;. The Bertz CT molecular complexity index is 1110. The molecule has 205 valence electrons. The zero-order chi connectivity index (χ0) is 28.4. The summed E-state index contributed by atoms with van der Waals surface area (Å²) in [6.07, 6.45) is -0.641. The van der Waals surface area contributed by atoms with E-state index in [1.165, 1.54) is 11.3 Å². The molecule has 1 radical (unpaired) electrons. The molecule has 1 aromatic heterocycles. The zero-order valence-corrected chi connectivity index (χ0v) is 23.2. The summed E-state index contributed by atoms with van der Waals surface area (Å²) < 4.78 is 0. The number of aliphatic hydroxyl groups excluding tert-OH is 2. The van der Waals surface area contributed by atoms with Crippen LogP contribution in [0.5, 0.6) is 0 Å². The van der Waals surface area contributed by atoms with Gasteiger partial charge in [0.2, 0.25) is 0 Å². The predicted octanol–water partition coefficient (Wildman–Crippen LogP) is 0.996. The van der Waals surface area contributed by atoms with Crippen LogP contribution in [0.25, 0.3) is 0 Å². The quantitative estimate of drug-likeness (QED) is 0.149. The Morgan fingerprint density at radius 1 is 1.08 bits per heavy atom. The van der Waals surface area contributed by atoms with Gasteiger partial charge in [-0.3, -0.25) is 0 Å². The number of nitrogens with zero attached hydrogens (tertiary/aromatic N) is 2. The first-order chi connectivity index (χ1) is 17.9. The summed E-state index contributed by atoms with van der Waals surface area (Å²) in [5.74, 6) is -1.48. The molecule has 0 saturated heterocycles. The number of fused-ring (bicyclic) bond motifs is 1. The topological polar surface area (TPSA) is 147 Å². The number of nitrogens with one attached hydrogen (secondary N) is 3. The number of carbonyl (C=O) groups is 2. The summed E-state index contributed by atoms with van der Waals surface area (Å²) in [4.78, 5) is 29.0. The van der Waals surface area contributed by atoms with Crippen molar-refractivity contribution in [2.24, 2.45) is 11.1 Å².